The number of carbonyl (C=O) groups excluding carboxylic acids is 1. The quantitative estimate of drug-likeness (QED) is 0.888. The fraction of sp³-hybridized carbons (Fsp3) is 0.133. The predicted octanol–water partition coefficient (Wildman–Crippen LogP) is 3.35. The summed E-state index contributed by atoms with van der Waals surface area (Å²) in [6.07, 6.45) is 0.523. The Kier molecular flexibility index (Phi) is 3.80. The fourth-order valence-electron chi connectivity index (χ4n) is 1.77. The number of rotatable bonds is 3. The standard InChI is InChI=1S/C15H14FNO2/c1-2-10-8-9-12(13(16)14(10)18)17-15(19)11-6-4-3-5-7-11/h3-9,18H,2H2,1H3,(H,17,19). The van der Waals surface area contributed by atoms with Crippen molar-refractivity contribution in [2.24, 2.45) is 0 Å². The highest BCUT2D eigenvalue weighted by Crippen LogP contribution is 2.28. The molecule has 0 spiro atoms. The molecule has 0 bridgehead atoms. The van der Waals surface area contributed by atoms with Crippen LogP contribution in [0.4, 0.5) is 10.1 Å². The zero-order chi connectivity index (χ0) is 13.8. The highest BCUT2D eigenvalue weighted by Gasteiger charge is 2.14. The number of hydrogen-bond donors (Lipinski definition) is 2. The maximum Gasteiger partial charge on any atom is 0.255 e. The van der Waals surface area contributed by atoms with Gasteiger partial charge in [-0.15, -0.1) is 0 Å². The molecule has 0 saturated heterocycles. The molecule has 3 nitrogen and oxygen atoms in total. The van der Waals surface area contributed by atoms with Crippen LogP contribution in [0, 0.1) is 5.82 Å². The second-order valence-electron chi connectivity index (χ2n) is 4.11. The highest BCUT2D eigenvalue weighted by atomic mass is 19.1. The van der Waals surface area contributed by atoms with Crippen molar-refractivity contribution in [1.82, 2.24) is 0 Å². The van der Waals surface area contributed by atoms with Crippen molar-refractivity contribution in [3.8, 4) is 5.75 Å². The van der Waals surface area contributed by atoms with Crippen LogP contribution in [-0.2, 0) is 6.42 Å². The van der Waals surface area contributed by atoms with E-state index in [9.17, 15) is 14.3 Å². The smallest absolute Gasteiger partial charge is 0.255 e. The van der Waals surface area contributed by atoms with E-state index in [-0.39, 0.29) is 5.69 Å². The van der Waals surface area contributed by atoms with Crippen LogP contribution in [0.15, 0.2) is 42.5 Å². The monoisotopic (exact) mass is 259 g/mol. The van der Waals surface area contributed by atoms with E-state index in [2.05, 4.69) is 5.32 Å². The summed E-state index contributed by atoms with van der Waals surface area (Å²) >= 11 is 0. The molecule has 0 aliphatic heterocycles. The molecule has 4 heteroatoms. The molecule has 2 N–H and O–H groups in total. The Labute approximate surface area is 110 Å². The van der Waals surface area contributed by atoms with Crippen molar-refractivity contribution in [3.63, 3.8) is 0 Å². The number of amides is 1. The summed E-state index contributed by atoms with van der Waals surface area (Å²) in [5, 5.41) is 12.1. The minimum atomic E-state index is -0.802. The number of halogens is 1. The lowest BCUT2D eigenvalue weighted by Gasteiger charge is -2.09. The molecule has 0 fully saturated rings. The van der Waals surface area contributed by atoms with Gasteiger partial charge in [-0.3, -0.25) is 4.79 Å². The minimum Gasteiger partial charge on any atom is -0.505 e. The number of benzene rings is 2. The minimum absolute atomic E-state index is 0.0245. The van der Waals surface area contributed by atoms with Gasteiger partial charge in [0.05, 0.1) is 5.69 Å². The van der Waals surface area contributed by atoms with Crippen molar-refractivity contribution in [3.05, 3.63) is 59.4 Å². The number of aromatic hydroxyl groups is 1. The summed E-state index contributed by atoms with van der Waals surface area (Å²) in [6, 6.07) is 11.6. The zero-order valence-electron chi connectivity index (χ0n) is 10.5. The number of nitrogens with one attached hydrogen (secondary N) is 1. The number of phenolic OH excluding ortho intramolecular Hbond substituents is 1. The highest BCUT2D eigenvalue weighted by molar-refractivity contribution is 6.04. The Bertz CT molecular complexity index is 597. The molecule has 0 saturated carbocycles. The zero-order valence-corrected chi connectivity index (χ0v) is 10.5. The van der Waals surface area contributed by atoms with E-state index in [4.69, 9.17) is 0 Å². The van der Waals surface area contributed by atoms with E-state index in [1.165, 1.54) is 6.07 Å². The van der Waals surface area contributed by atoms with Crippen LogP contribution >= 0.6 is 0 Å². The number of anilines is 1. The molecule has 98 valence electrons. The van der Waals surface area contributed by atoms with Gasteiger partial charge in [0, 0.05) is 5.56 Å². The van der Waals surface area contributed by atoms with Crippen molar-refractivity contribution in [1.29, 1.82) is 0 Å². The Morgan fingerprint density at radius 2 is 1.89 bits per heavy atom. The molecular weight excluding hydrogens is 245 g/mol. The molecule has 0 atom stereocenters. The van der Waals surface area contributed by atoms with Gasteiger partial charge < -0.3 is 10.4 Å². The normalized spacial score (nSPS) is 10.2. The number of aryl methyl sites for hydroxylation is 1. The lowest BCUT2D eigenvalue weighted by atomic mass is 10.1. The van der Waals surface area contributed by atoms with Crippen molar-refractivity contribution in [2.45, 2.75) is 13.3 Å². The molecule has 0 aromatic heterocycles. The number of phenols is 1. The summed E-state index contributed by atoms with van der Waals surface area (Å²) in [6.45, 7) is 1.82. The average molecular weight is 259 g/mol. The van der Waals surface area contributed by atoms with Gasteiger partial charge in [-0.2, -0.15) is 0 Å². The first-order valence-electron chi connectivity index (χ1n) is 6.00. The lowest BCUT2D eigenvalue weighted by molar-refractivity contribution is 0.102. The van der Waals surface area contributed by atoms with Gasteiger partial charge >= 0.3 is 0 Å². The van der Waals surface area contributed by atoms with E-state index in [1.807, 2.05) is 6.92 Å². The molecule has 1 amide bonds. The summed E-state index contributed by atoms with van der Waals surface area (Å²) in [4.78, 5) is 11.9. The first-order valence-corrected chi connectivity index (χ1v) is 6.00. The molecule has 0 aliphatic rings. The Hall–Kier alpha value is -2.36. The van der Waals surface area contributed by atoms with Crippen LogP contribution in [0.2, 0.25) is 0 Å². The van der Waals surface area contributed by atoms with Gasteiger partial charge in [-0.25, -0.2) is 4.39 Å². The molecule has 0 unspecified atom stereocenters. The second-order valence-corrected chi connectivity index (χ2v) is 4.11. The van der Waals surface area contributed by atoms with Crippen molar-refractivity contribution >= 4 is 11.6 Å². The summed E-state index contributed by atoms with van der Waals surface area (Å²) < 4.78 is 13.9. The maximum atomic E-state index is 13.9. The predicted molar refractivity (Wildman–Crippen MR) is 71.8 cm³/mol. The summed E-state index contributed by atoms with van der Waals surface area (Å²) in [5.74, 6) is -1.62. The van der Waals surface area contributed by atoms with E-state index >= 15 is 0 Å². The van der Waals surface area contributed by atoms with Crippen LogP contribution in [-0.4, -0.2) is 11.0 Å². The molecule has 0 aliphatic carbocycles. The largest absolute Gasteiger partial charge is 0.505 e. The molecule has 2 aromatic carbocycles. The first kappa shape index (κ1) is 13.1. The van der Waals surface area contributed by atoms with Crippen LogP contribution in [0.1, 0.15) is 22.8 Å². The van der Waals surface area contributed by atoms with Gasteiger partial charge in [0.15, 0.2) is 11.6 Å². The van der Waals surface area contributed by atoms with Crippen molar-refractivity contribution in [2.75, 3.05) is 5.32 Å². The van der Waals surface area contributed by atoms with Gasteiger partial charge in [-0.05, 0) is 30.2 Å². The van der Waals surface area contributed by atoms with Gasteiger partial charge in [0.1, 0.15) is 0 Å². The number of hydrogen-bond acceptors (Lipinski definition) is 2. The lowest BCUT2D eigenvalue weighted by Crippen LogP contribution is -2.13. The van der Waals surface area contributed by atoms with Gasteiger partial charge in [-0.1, -0.05) is 31.2 Å². The molecule has 2 aromatic rings. The Morgan fingerprint density at radius 1 is 1.21 bits per heavy atom. The fourth-order valence-corrected chi connectivity index (χ4v) is 1.77. The topological polar surface area (TPSA) is 49.3 Å². The molecule has 0 radical (unpaired) electrons. The third-order valence-corrected chi connectivity index (χ3v) is 2.86. The molecule has 2 rings (SSSR count). The molecular formula is C15H14FNO2. The van der Waals surface area contributed by atoms with E-state index in [0.717, 1.165) is 0 Å². The third-order valence-electron chi connectivity index (χ3n) is 2.86. The SMILES string of the molecule is CCc1ccc(NC(=O)c2ccccc2)c(F)c1O. The number of carbonyl (C=O) groups is 1. The average Bonchev–Trinajstić information content (AvgIpc) is 2.45. The van der Waals surface area contributed by atoms with E-state index in [1.54, 1.807) is 36.4 Å². The van der Waals surface area contributed by atoms with Gasteiger partial charge in [0.25, 0.3) is 5.91 Å². The van der Waals surface area contributed by atoms with E-state index in [0.29, 0.717) is 17.5 Å². The van der Waals surface area contributed by atoms with Crippen LogP contribution < -0.4 is 5.32 Å². The Balaban J connectivity index is 2.25. The second kappa shape index (κ2) is 5.52. The molecule has 0 heterocycles. The van der Waals surface area contributed by atoms with Gasteiger partial charge in [0.2, 0.25) is 0 Å². The van der Waals surface area contributed by atoms with Crippen molar-refractivity contribution < 1.29 is 14.3 Å². The first-order chi connectivity index (χ1) is 9.13. The summed E-state index contributed by atoms with van der Waals surface area (Å²) in [7, 11) is 0. The van der Waals surface area contributed by atoms with Crippen LogP contribution in [0.25, 0.3) is 0 Å². The maximum absolute atomic E-state index is 13.9. The Morgan fingerprint density at radius 3 is 2.53 bits per heavy atom. The molecule has 19 heavy (non-hydrogen) atoms. The van der Waals surface area contributed by atoms with Crippen LogP contribution in [0.3, 0.4) is 0 Å². The van der Waals surface area contributed by atoms with Crippen LogP contribution in [0.5, 0.6) is 5.75 Å². The van der Waals surface area contributed by atoms with E-state index < -0.39 is 17.5 Å². The third kappa shape index (κ3) is 2.73. The summed E-state index contributed by atoms with van der Waals surface area (Å²) in [5.41, 5.74) is 0.916.